The fourth-order valence-electron chi connectivity index (χ4n) is 4.61. The molecule has 1 aromatic carbocycles. The molecule has 2 rings (SSSR count). The van der Waals surface area contributed by atoms with E-state index in [1.165, 1.54) is 19.1 Å². The molecule has 0 spiro atoms. The first-order chi connectivity index (χ1) is 17.8. The van der Waals surface area contributed by atoms with Crippen molar-refractivity contribution in [2.45, 2.75) is 77.6 Å². The van der Waals surface area contributed by atoms with E-state index < -0.39 is 16.5 Å². The Morgan fingerprint density at radius 1 is 1.08 bits per heavy atom. The number of allylic oxidation sites excluding steroid dienone is 2. The molecule has 0 amide bonds. The highest BCUT2D eigenvalue weighted by atomic mass is 16.9. The first kappa shape index (κ1) is 30.7. The van der Waals surface area contributed by atoms with Gasteiger partial charge < -0.3 is 24.5 Å². The maximum atomic E-state index is 12.9. The van der Waals surface area contributed by atoms with Crippen LogP contribution < -0.4 is 0 Å². The fourth-order valence-corrected chi connectivity index (χ4v) is 4.61. The quantitative estimate of drug-likeness (QED) is 0.108. The minimum atomic E-state index is -1.14. The van der Waals surface area contributed by atoms with Gasteiger partial charge in [-0.25, -0.2) is 0 Å². The molecule has 2 N–H and O–H groups in total. The van der Waals surface area contributed by atoms with Crippen molar-refractivity contribution in [2.75, 3.05) is 19.8 Å². The molecule has 210 valence electrons. The van der Waals surface area contributed by atoms with E-state index in [-0.39, 0.29) is 49.1 Å². The minimum Gasteiger partial charge on any atom is -0.507 e. The summed E-state index contributed by atoms with van der Waals surface area (Å²) in [5.41, 5.74) is 1.43. The van der Waals surface area contributed by atoms with Gasteiger partial charge in [0.1, 0.15) is 18.1 Å². The number of hydrogen-bond acceptors (Lipinski definition) is 9. The molecule has 10 nitrogen and oxygen atoms in total. The Morgan fingerprint density at radius 2 is 1.68 bits per heavy atom. The van der Waals surface area contributed by atoms with Crippen LogP contribution in [0.15, 0.2) is 35.9 Å². The third-order valence-electron chi connectivity index (χ3n) is 6.89. The molecule has 1 aliphatic rings. The van der Waals surface area contributed by atoms with Crippen LogP contribution >= 0.6 is 0 Å². The second-order valence-corrected chi connectivity index (χ2v) is 10.3. The van der Waals surface area contributed by atoms with Crippen molar-refractivity contribution in [1.29, 1.82) is 0 Å². The van der Waals surface area contributed by atoms with Crippen LogP contribution in [-0.2, 0) is 29.3 Å². The van der Waals surface area contributed by atoms with E-state index in [0.717, 1.165) is 24.0 Å². The van der Waals surface area contributed by atoms with Gasteiger partial charge in [-0.15, -0.1) is 10.1 Å². The van der Waals surface area contributed by atoms with E-state index in [1.54, 1.807) is 13.8 Å². The molecule has 0 heterocycles. The van der Waals surface area contributed by atoms with Crippen LogP contribution in [0.5, 0.6) is 11.5 Å². The van der Waals surface area contributed by atoms with Crippen LogP contribution in [0.1, 0.15) is 83.3 Å². The zero-order valence-corrected chi connectivity index (χ0v) is 22.7. The zero-order chi connectivity index (χ0) is 28.5. The molecule has 0 aromatic heterocycles. The van der Waals surface area contributed by atoms with E-state index in [0.29, 0.717) is 36.8 Å². The van der Waals surface area contributed by atoms with E-state index in [9.17, 15) is 29.9 Å². The van der Waals surface area contributed by atoms with Gasteiger partial charge >= 0.3 is 11.9 Å². The first-order valence-electron chi connectivity index (χ1n) is 12.8. The number of phenolic OH excluding ortho intramolecular Hbond substituents is 2. The molecule has 0 fully saturated rings. The first-order valence-corrected chi connectivity index (χ1v) is 12.8. The zero-order valence-electron chi connectivity index (χ0n) is 22.7. The Kier molecular flexibility index (Phi) is 11.2. The lowest BCUT2D eigenvalue weighted by Gasteiger charge is -2.32. The predicted octanol–water partition coefficient (Wildman–Crippen LogP) is 5.25. The van der Waals surface area contributed by atoms with Gasteiger partial charge in [0.25, 0.3) is 5.09 Å². The molecular weight excluding hydrogens is 494 g/mol. The van der Waals surface area contributed by atoms with Crippen molar-refractivity contribution in [3.63, 3.8) is 0 Å². The van der Waals surface area contributed by atoms with Crippen LogP contribution in [0.4, 0.5) is 0 Å². The normalized spacial score (nSPS) is 17.3. The fraction of sp³-hybridized carbons (Fsp3) is 0.571. The highest BCUT2D eigenvalue weighted by molar-refractivity contribution is 5.82. The van der Waals surface area contributed by atoms with Crippen molar-refractivity contribution < 1.29 is 39.2 Å². The van der Waals surface area contributed by atoms with Crippen molar-refractivity contribution in [3.05, 3.63) is 57.2 Å². The van der Waals surface area contributed by atoms with E-state index >= 15 is 0 Å². The summed E-state index contributed by atoms with van der Waals surface area (Å²) in [6.07, 6.45) is 5.94. The number of carbonyl (C=O) groups is 2. The number of aromatic hydroxyl groups is 2. The Morgan fingerprint density at radius 3 is 2.24 bits per heavy atom. The molecule has 1 aromatic rings. The van der Waals surface area contributed by atoms with Gasteiger partial charge in [0.05, 0.1) is 18.6 Å². The second kappa shape index (κ2) is 13.8. The summed E-state index contributed by atoms with van der Waals surface area (Å²) in [4.78, 5) is 38.5. The van der Waals surface area contributed by atoms with Gasteiger partial charge in [-0.05, 0) is 82.1 Å². The molecule has 0 unspecified atom stereocenters. The summed E-state index contributed by atoms with van der Waals surface area (Å²) in [7, 11) is 0. The highest BCUT2D eigenvalue weighted by Crippen LogP contribution is 2.47. The summed E-state index contributed by atoms with van der Waals surface area (Å²) in [5, 5.41) is 31.3. The van der Waals surface area contributed by atoms with Gasteiger partial charge in [-0.1, -0.05) is 24.6 Å². The Hall–Kier alpha value is -3.56. The average Bonchev–Trinajstić information content (AvgIpc) is 2.83. The highest BCUT2D eigenvalue weighted by Gasteiger charge is 2.36. The number of phenols is 2. The second-order valence-electron chi connectivity index (χ2n) is 10.3. The minimum absolute atomic E-state index is 0.0252. The van der Waals surface area contributed by atoms with Gasteiger partial charge in [-0.2, -0.15) is 0 Å². The monoisotopic (exact) mass is 533 g/mol. The molecular formula is C28H39NO9. The van der Waals surface area contributed by atoms with Gasteiger partial charge in [0.15, 0.2) is 0 Å². The van der Waals surface area contributed by atoms with Gasteiger partial charge in [0.2, 0.25) is 0 Å². The molecule has 0 bridgehead atoms. The third kappa shape index (κ3) is 8.49. The van der Waals surface area contributed by atoms with E-state index in [1.807, 2.05) is 13.0 Å². The van der Waals surface area contributed by atoms with Gasteiger partial charge in [0, 0.05) is 18.4 Å². The SMILES string of the molecule is C=C(C)[C@H]1CCC(COC(C)=O)=C[C@@H]1c1c(O)cc(C(C)(C)C(=O)OCCCCCCO[N+](=O)[O-])cc1O. The van der Waals surface area contributed by atoms with Crippen molar-refractivity contribution in [1.82, 2.24) is 0 Å². The van der Waals surface area contributed by atoms with Crippen LogP contribution in [0.25, 0.3) is 0 Å². The molecule has 10 heteroatoms. The molecule has 1 aliphatic carbocycles. The topological polar surface area (TPSA) is 145 Å². The number of hydrogen-bond donors (Lipinski definition) is 2. The number of benzene rings is 1. The van der Waals surface area contributed by atoms with Crippen molar-refractivity contribution >= 4 is 11.9 Å². The smallest absolute Gasteiger partial charge is 0.315 e. The Labute approximate surface area is 223 Å². The van der Waals surface area contributed by atoms with Crippen LogP contribution in [0, 0.1) is 16.0 Å². The van der Waals surface area contributed by atoms with Crippen LogP contribution in [0.2, 0.25) is 0 Å². The number of unbranched alkanes of at least 4 members (excludes halogenated alkanes) is 3. The maximum absolute atomic E-state index is 12.9. The Balaban J connectivity index is 2.12. The predicted molar refractivity (Wildman–Crippen MR) is 140 cm³/mol. The lowest BCUT2D eigenvalue weighted by atomic mass is 9.73. The summed E-state index contributed by atoms with van der Waals surface area (Å²) in [6, 6.07) is 2.96. The molecule has 0 aliphatic heterocycles. The molecule has 0 radical (unpaired) electrons. The van der Waals surface area contributed by atoms with Crippen LogP contribution in [-0.4, -0.2) is 47.1 Å². The number of esters is 2. The lowest BCUT2D eigenvalue weighted by molar-refractivity contribution is -0.757. The molecule has 0 saturated carbocycles. The number of carbonyl (C=O) groups excluding carboxylic acids is 2. The van der Waals surface area contributed by atoms with Crippen molar-refractivity contribution in [3.8, 4) is 11.5 Å². The number of ether oxygens (including phenoxy) is 2. The summed E-state index contributed by atoms with van der Waals surface area (Å²) < 4.78 is 10.6. The molecule has 2 atom stereocenters. The number of rotatable bonds is 14. The van der Waals surface area contributed by atoms with Crippen molar-refractivity contribution in [2.24, 2.45) is 5.92 Å². The third-order valence-corrected chi connectivity index (χ3v) is 6.89. The summed E-state index contributed by atoms with van der Waals surface area (Å²) >= 11 is 0. The van der Waals surface area contributed by atoms with E-state index in [2.05, 4.69) is 11.4 Å². The standard InChI is InChI=1S/C28H39NO9/c1-18(2)22-11-10-20(17-37-19(3)30)14-23(22)26-24(31)15-21(16-25(26)32)28(4,5)27(33)36-12-8-6-7-9-13-38-29(34)35/h14-16,22-23,31-32H,1,6-13,17H2,2-5H3/t22-,23+/m1/s1. The summed E-state index contributed by atoms with van der Waals surface area (Å²) in [5.74, 6) is -1.55. The average molecular weight is 534 g/mol. The largest absolute Gasteiger partial charge is 0.507 e. The lowest BCUT2D eigenvalue weighted by Crippen LogP contribution is -2.31. The summed E-state index contributed by atoms with van der Waals surface area (Å²) in [6.45, 7) is 11.0. The number of nitrogens with zero attached hydrogens (tertiary/aromatic N) is 1. The van der Waals surface area contributed by atoms with Crippen LogP contribution in [0.3, 0.4) is 0 Å². The molecule has 0 saturated heterocycles. The van der Waals surface area contributed by atoms with E-state index in [4.69, 9.17) is 9.47 Å². The Bertz CT molecular complexity index is 1040. The van der Waals surface area contributed by atoms with Gasteiger partial charge in [-0.3, -0.25) is 9.59 Å². The molecule has 38 heavy (non-hydrogen) atoms. The maximum Gasteiger partial charge on any atom is 0.315 e.